The molecule has 1 heterocycles. The zero-order valence-corrected chi connectivity index (χ0v) is 16.6. The summed E-state index contributed by atoms with van der Waals surface area (Å²) in [7, 11) is 1.57. The van der Waals surface area contributed by atoms with Gasteiger partial charge < -0.3 is 20.1 Å². The summed E-state index contributed by atoms with van der Waals surface area (Å²) in [6.07, 6.45) is 4.27. The van der Waals surface area contributed by atoms with Crippen LogP contribution in [0.1, 0.15) is 12.5 Å². The number of carbonyl (C=O) groups excluding carboxylic acids is 3. The van der Waals surface area contributed by atoms with E-state index >= 15 is 0 Å². The van der Waals surface area contributed by atoms with Crippen molar-refractivity contribution < 1.29 is 23.9 Å². The molecule has 0 fully saturated rings. The number of pyridine rings is 1. The summed E-state index contributed by atoms with van der Waals surface area (Å²) in [6, 6.07) is 9.25. The summed E-state index contributed by atoms with van der Waals surface area (Å²) in [5.74, 6) is -0.791. The Labute approximate surface area is 172 Å². The van der Waals surface area contributed by atoms with Crippen molar-refractivity contribution in [3.63, 3.8) is 0 Å². The maximum Gasteiger partial charge on any atom is 0.328 e. The molecule has 0 saturated carbocycles. The van der Waals surface area contributed by atoms with Crippen molar-refractivity contribution in [2.45, 2.75) is 13.0 Å². The molecular formula is C20H20ClN3O5. The van der Waals surface area contributed by atoms with Gasteiger partial charge in [-0.15, -0.1) is 0 Å². The fourth-order valence-corrected chi connectivity index (χ4v) is 2.21. The number of halogens is 1. The number of carbonyl (C=O) groups is 3. The van der Waals surface area contributed by atoms with Crippen molar-refractivity contribution in [3.05, 3.63) is 59.3 Å². The van der Waals surface area contributed by atoms with Gasteiger partial charge in [0.15, 0.2) is 6.61 Å². The van der Waals surface area contributed by atoms with Gasteiger partial charge in [-0.05, 0) is 42.8 Å². The first-order valence-electron chi connectivity index (χ1n) is 8.58. The third-order valence-corrected chi connectivity index (χ3v) is 3.82. The monoisotopic (exact) mass is 417 g/mol. The van der Waals surface area contributed by atoms with Crippen molar-refractivity contribution in [3.8, 4) is 5.75 Å². The van der Waals surface area contributed by atoms with E-state index in [1.807, 2.05) is 0 Å². The SMILES string of the molecule is COc1ccc(C=CC(=O)NC(C)C(=O)OCC(=O)Nc2ccc(Cl)cn2)cc1. The Morgan fingerprint density at radius 3 is 2.52 bits per heavy atom. The molecule has 2 amide bonds. The molecule has 1 aromatic heterocycles. The van der Waals surface area contributed by atoms with E-state index in [4.69, 9.17) is 21.1 Å². The number of methoxy groups -OCH3 is 1. The van der Waals surface area contributed by atoms with Gasteiger partial charge in [-0.25, -0.2) is 9.78 Å². The summed E-state index contributed by atoms with van der Waals surface area (Å²) in [4.78, 5) is 39.6. The van der Waals surface area contributed by atoms with Gasteiger partial charge in [0.1, 0.15) is 17.6 Å². The normalized spacial score (nSPS) is 11.6. The molecule has 0 aliphatic rings. The van der Waals surface area contributed by atoms with Crippen LogP contribution >= 0.6 is 11.6 Å². The number of aromatic nitrogens is 1. The van der Waals surface area contributed by atoms with E-state index in [9.17, 15) is 14.4 Å². The molecule has 0 saturated heterocycles. The van der Waals surface area contributed by atoms with Gasteiger partial charge in [0, 0.05) is 12.3 Å². The van der Waals surface area contributed by atoms with E-state index in [0.717, 1.165) is 5.56 Å². The molecule has 152 valence electrons. The van der Waals surface area contributed by atoms with Crippen molar-refractivity contribution in [1.29, 1.82) is 0 Å². The zero-order valence-electron chi connectivity index (χ0n) is 15.8. The quantitative estimate of drug-likeness (QED) is 0.504. The Hall–Kier alpha value is -3.39. The number of rotatable bonds is 8. The van der Waals surface area contributed by atoms with E-state index in [2.05, 4.69) is 15.6 Å². The first-order chi connectivity index (χ1) is 13.9. The van der Waals surface area contributed by atoms with Crippen LogP contribution in [0.25, 0.3) is 6.08 Å². The van der Waals surface area contributed by atoms with Crippen LogP contribution in [-0.4, -0.2) is 42.5 Å². The lowest BCUT2D eigenvalue weighted by molar-refractivity contribution is -0.149. The first kappa shape index (κ1) is 21.9. The summed E-state index contributed by atoms with van der Waals surface area (Å²) < 4.78 is 9.95. The number of hydrogen-bond acceptors (Lipinski definition) is 6. The number of hydrogen-bond donors (Lipinski definition) is 2. The highest BCUT2D eigenvalue weighted by molar-refractivity contribution is 6.30. The first-order valence-corrected chi connectivity index (χ1v) is 8.96. The van der Waals surface area contributed by atoms with E-state index in [1.165, 1.54) is 25.3 Å². The third-order valence-electron chi connectivity index (χ3n) is 3.60. The Balaban J connectivity index is 1.75. The topological polar surface area (TPSA) is 107 Å². The lowest BCUT2D eigenvalue weighted by Crippen LogP contribution is -2.39. The lowest BCUT2D eigenvalue weighted by Gasteiger charge is -2.12. The molecule has 0 bridgehead atoms. The van der Waals surface area contributed by atoms with Crippen LogP contribution in [0.5, 0.6) is 5.75 Å². The second-order valence-electron chi connectivity index (χ2n) is 5.85. The summed E-state index contributed by atoms with van der Waals surface area (Å²) in [6.45, 7) is 0.950. The van der Waals surface area contributed by atoms with Crippen molar-refractivity contribution >= 4 is 41.3 Å². The van der Waals surface area contributed by atoms with Crippen molar-refractivity contribution in [2.24, 2.45) is 0 Å². The Morgan fingerprint density at radius 2 is 1.90 bits per heavy atom. The lowest BCUT2D eigenvalue weighted by atomic mass is 10.2. The van der Waals surface area contributed by atoms with E-state index in [0.29, 0.717) is 10.8 Å². The van der Waals surface area contributed by atoms with Crippen LogP contribution in [0.3, 0.4) is 0 Å². The van der Waals surface area contributed by atoms with E-state index in [1.54, 1.807) is 43.5 Å². The highest BCUT2D eigenvalue weighted by Crippen LogP contribution is 2.12. The number of nitrogens with zero attached hydrogens (tertiary/aromatic N) is 1. The van der Waals surface area contributed by atoms with E-state index < -0.39 is 30.4 Å². The minimum absolute atomic E-state index is 0.278. The van der Waals surface area contributed by atoms with Crippen molar-refractivity contribution in [2.75, 3.05) is 19.0 Å². The Bertz CT molecular complexity index is 882. The zero-order chi connectivity index (χ0) is 21.2. The molecule has 0 radical (unpaired) electrons. The fraction of sp³-hybridized carbons (Fsp3) is 0.200. The minimum atomic E-state index is -0.926. The smallest absolute Gasteiger partial charge is 0.328 e. The number of anilines is 1. The summed E-state index contributed by atoms with van der Waals surface area (Å²) in [5, 5.41) is 5.36. The maximum absolute atomic E-state index is 11.9. The third kappa shape index (κ3) is 7.63. The van der Waals surface area contributed by atoms with Crippen LogP contribution in [0.15, 0.2) is 48.7 Å². The number of ether oxygens (including phenoxy) is 2. The van der Waals surface area contributed by atoms with Gasteiger partial charge in [0.25, 0.3) is 5.91 Å². The number of amides is 2. The fourth-order valence-electron chi connectivity index (χ4n) is 2.10. The predicted octanol–water partition coefficient (Wildman–Crippen LogP) is 2.44. The number of esters is 1. The van der Waals surface area contributed by atoms with Crippen LogP contribution in [0.4, 0.5) is 5.82 Å². The van der Waals surface area contributed by atoms with Crippen molar-refractivity contribution in [1.82, 2.24) is 10.3 Å². The van der Waals surface area contributed by atoms with Crippen LogP contribution in [0, 0.1) is 0 Å². The molecule has 9 heteroatoms. The van der Waals surface area contributed by atoms with Gasteiger partial charge in [-0.3, -0.25) is 9.59 Å². The van der Waals surface area contributed by atoms with E-state index in [-0.39, 0.29) is 5.82 Å². The highest BCUT2D eigenvalue weighted by atomic mass is 35.5. The summed E-state index contributed by atoms with van der Waals surface area (Å²) >= 11 is 5.71. The molecule has 1 atom stereocenters. The van der Waals surface area contributed by atoms with Crippen LogP contribution < -0.4 is 15.4 Å². The highest BCUT2D eigenvalue weighted by Gasteiger charge is 2.17. The largest absolute Gasteiger partial charge is 0.497 e. The van der Waals surface area contributed by atoms with Crippen LogP contribution in [0.2, 0.25) is 5.02 Å². The van der Waals surface area contributed by atoms with Gasteiger partial charge in [0.2, 0.25) is 5.91 Å². The average molecular weight is 418 g/mol. The molecule has 2 N–H and O–H groups in total. The molecule has 1 aromatic carbocycles. The van der Waals surface area contributed by atoms with Crippen LogP contribution in [-0.2, 0) is 19.1 Å². The second kappa shape index (κ2) is 10.8. The predicted molar refractivity (Wildman–Crippen MR) is 108 cm³/mol. The standard InChI is InChI=1S/C20H20ClN3O5/c1-13(23-18(25)10-5-14-3-7-16(28-2)8-4-14)20(27)29-12-19(26)24-17-9-6-15(21)11-22-17/h3-11,13H,12H2,1-2H3,(H,23,25)(H,22,24,26). The average Bonchev–Trinajstić information content (AvgIpc) is 2.72. The molecule has 0 aliphatic carbocycles. The molecule has 0 spiro atoms. The van der Waals surface area contributed by atoms with Gasteiger partial charge in [-0.1, -0.05) is 23.7 Å². The molecule has 1 unspecified atom stereocenters. The summed E-state index contributed by atoms with van der Waals surface area (Å²) in [5.41, 5.74) is 0.795. The molecule has 0 aliphatic heterocycles. The molecule has 2 aromatic rings. The molecule has 2 rings (SSSR count). The van der Waals surface area contributed by atoms with Gasteiger partial charge in [0.05, 0.1) is 12.1 Å². The van der Waals surface area contributed by atoms with Gasteiger partial charge in [-0.2, -0.15) is 0 Å². The number of benzene rings is 1. The Morgan fingerprint density at radius 1 is 1.17 bits per heavy atom. The molecule has 8 nitrogen and oxygen atoms in total. The minimum Gasteiger partial charge on any atom is -0.497 e. The number of nitrogens with one attached hydrogen (secondary N) is 2. The van der Waals surface area contributed by atoms with Gasteiger partial charge >= 0.3 is 5.97 Å². The Kier molecular flexibility index (Phi) is 8.17. The molecule has 29 heavy (non-hydrogen) atoms. The maximum atomic E-state index is 11.9. The second-order valence-corrected chi connectivity index (χ2v) is 6.29. The molecular weight excluding hydrogens is 398 g/mol.